The standard InChI is InChI=1S/C24H22F5N5O4/c1-22(2,3)38-21(36)33-12-23(26,13-33)20(35)34(17-6-4-5-15(25)9-17)11-16-8-7-14(10-30-16)18-31-32-19(37-18)24(27,28)29/h4-10H,11-13H2,1-3H3. The molecule has 1 aliphatic heterocycles. The summed E-state index contributed by atoms with van der Waals surface area (Å²) in [6.07, 6.45) is -4.44. The maximum atomic E-state index is 15.6. The molecule has 202 valence electrons. The molecule has 1 aliphatic rings. The van der Waals surface area contributed by atoms with E-state index in [4.69, 9.17) is 4.74 Å². The van der Waals surface area contributed by atoms with Gasteiger partial charge in [-0.1, -0.05) is 6.07 Å². The summed E-state index contributed by atoms with van der Waals surface area (Å²) >= 11 is 0. The number of halogens is 5. The van der Waals surface area contributed by atoms with Crippen molar-refractivity contribution >= 4 is 17.7 Å². The van der Waals surface area contributed by atoms with Crippen molar-refractivity contribution < 1.29 is 40.7 Å². The molecule has 1 aromatic carbocycles. The summed E-state index contributed by atoms with van der Waals surface area (Å²) in [7, 11) is 0. The van der Waals surface area contributed by atoms with Crippen molar-refractivity contribution in [2.75, 3.05) is 18.0 Å². The van der Waals surface area contributed by atoms with E-state index in [1.807, 2.05) is 0 Å². The largest absolute Gasteiger partial charge is 0.470 e. The summed E-state index contributed by atoms with van der Waals surface area (Å²) in [4.78, 5) is 31.6. The zero-order chi connectivity index (χ0) is 27.9. The number of likely N-dealkylation sites (tertiary alicyclic amines) is 1. The summed E-state index contributed by atoms with van der Waals surface area (Å²) in [5.41, 5.74) is -2.94. The van der Waals surface area contributed by atoms with Gasteiger partial charge in [0.05, 0.1) is 30.9 Å². The molecule has 14 heteroatoms. The molecule has 0 saturated carbocycles. The van der Waals surface area contributed by atoms with E-state index in [0.29, 0.717) is 0 Å². The van der Waals surface area contributed by atoms with Crippen molar-refractivity contribution in [1.82, 2.24) is 20.1 Å². The molecular formula is C24H22F5N5O4. The molecule has 0 unspecified atom stereocenters. The van der Waals surface area contributed by atoms with Crippen LogP contribution in [0, 0.1) is 5.82 Å². The fourth-order valence-electron chi connectivity index (χ4n) is 3.58. The lowest BCUT2D eigenvalue weighted by Crippen LogP contribution is -2.68. The smallest absolute Gasteiger partial charge is 0.444 e. The molecule has 0 radical (unpaired) electrons. The van der Waals surface area contributed by atoms with E-state index in [0.717, 1.165) is 28.1 Å². The maximum Gasteiger partial charge on any atom is 0.470 e. The highest BCUT2D eigenvalue weighted by atomic mass is 19.4. The zero-order valence-electron chi connectivity index (χ0n) is 20.4. The Balaban J connectivity index is 1.53. The van der Waals surface area contributed by atoms with Crippen LogP contribution in [0.1, 0.15) is 32.4 Å². The van der Waals surface area contributed by atoms with Crippen molar-refractivity contribution in [1.29, 1.82) is 0 Å². The fraction of sp³-hybridized carbons (Fsp3) is 0.375. The quantitative estimate of drug-likeness (QED) is 0.430. The van der Waals surface area contributed by atoms with E-state index in [-0.39, 0.29) is 23.5 Å². The van der Waals surface area contributed by atoms with Gasteiger partial charge in [0, 0.05) is 11.9 Å². The molecule has 0 N–H and O–H groups in total. The van der Waals surface area contributed by atoms with Crippen LogP contribution in [-0.2, 0) is 22.3 Å². The summed E-state index contributed by atoms with van der Waals surface area (Å²) in [6.45, 7) is 3.52. The number of amides is 2. The number of carbonyl (C=O) groups is 2. The minimum absolute atomic E-state index is 0.0420. The predicted molar refractivity (Wildman–Crippen MR) is 122 cm³/mol. The number of rotatable bonds is 5. The number of alkyl halides is 4. The number of carbonyl (C=O) groups excluding carboxylic acids is 2. The van der Waals surface area contributed by atoms with Crippen molar-refractivity contribution in [3.05, 3.63) is 60.0 Å². The van der Waals surface area contributed by atoms with Gasteiger partial charge in [-0.15, -0.1) is 10.2 Å². The summed E-state index contributed by atoms with van der Waals surface area (Å²) in [5.74, 6) is -3.64. The molecular weight excluding hydrogens is 517 g/mol. The molecule has 2 aromatic heterocycles. The van der Waals surface area contributed by atoms with Crippen LogP contribution in [0.5, 0.6) is 0 Å². The van der Waals surface area contributed by atoms with Gasteiger partial charge in [0.2, 0.25) is 11.6 Å². The second kappa shape index (κ2) is 9.65. The van der Waals surface area contributed by atoms with E-state index in [2.05, 4.69) is 19.6 Å². The van der Waals surface area contributed by atoms with Gasteiger partial charge < -0.3 is 19.0 Å². The van der Waals surface area contributed by atoms with Gasteiger partial charge in [0.1, 0.15) is 11.4 Å². The first-order valence-corrected chi connectivity index (χ1v) is 11.2. The van der Waals surface area contributed by atoms with Crippen LogP contribution in [0.4, 0.5) is 32.4 Å². The lowest BCUT2D eigenvalue weighted by atomic mass is 9.94. The molecule has 9 nitrogen and oxygen atoms in total. The van der Waals surface area contributed by atoms with Gasteiger partial charge >= 0.3 is 18.2 Å². The van der Waals surface area contributed by atoms with E-state index in [1.165, 1.54) is 24.3 Å². The van der Waals surface area contributed by atoms with Gasteiger partial charge in [0.25, 0.3) is 5.91 Å². The van der Waals surface area contributed by atoms with Gasteiger partial charge in [-0.25, -0.2) is 13.6 Å². The van der Waals surface area contributed by atoms with Gasteiger partial charge in [-0.05, 0) is 51.1 Å². The fourth-order valence-corrected chi connectivity index (χ4v) is 3.58. The third-order valence-corrected chi connectivity index (χ3v) is 5.34. The Morgan fingerprint density at radius 1 is 1.13 bits per heavy atom. The first kappa shape index (κ1) is 26.9. The number of hydrogen-bond acceptors (Lipinski definition) is 7. The van der Waals surface area contributed by atoms with Crippen LogP contribution in [0.2, 0.25) is 0 Å². The van der Waals surface area contributed by atoms with Crippen LogP contribution in [0.15, 0.2) is 47.0 Å². The van der Waals surface area contributed by atoms with E-state index < -0.39 is 60.1 Å². The molecule has 2 amide bonds. The number of pyridine rings is 1. The molecule has 4 rings (SSSR count). The highest BCUT2D eigenvalue weighted by Crippen LogP contribution is 2.33. The van der Waals surface area contributed by atoms with Gasteiger partial charge in [-0.2, -0.15) is 13.2 Å². The average molecular weight is 539 g/mol. The van der Waals surface area contributed by atoms with Crippen LogP contribution < -0.4 is 4.90 Å². The van der Waals surface area contributed by atoms with Crippen molar-refractivity contribution in [3.63, 3.8) is 0 Å². The molecule has 0 spiro atoms. The Kier molecular flexibility index (Phi) is 6.84. The molecule has 0 aliphatic carbocycles. The molecule has 0 atom stereocenters. The van der Waals surface area contributed by atoms with Crippen LogP contribution >= 0.6 is 0 Å². The number of hydrogen-bond donors (Lipinski definition) is 0. The topological polar surface area (TPSA) is 102 Å². The van der Waals surface area contributed by atoms with E-state index >= 15 is 4.39 Å². The summed E-state index contributed by atoms with van der Waals surface area (Å²) in [5, 5.41) is 6.30. The number of anilines is 1. The van der Waals surface area contributed by atoms with Crippen molar-refractivity contribution in [2.45, 2.75) is 44.8 Å². The van der Waals surface area contributed by atoms with E-state index in [1.54, 1.807) is 20.8 Å². The van der Waals surface area contributed by atoms with Crippen LogP contribution in [0.3, 0.4) is 0 Å². The number of ether oxygens (including phenoxy) is 1. The molecule has 1 fully saturated rings. The highest BCUT2D eigenvalue weighted by Gasteiger charge is 2.55. The highest BCUT2D eigenvalue weighted by molar-refractivity contribution is 6.01. The van der Waals surface area contributed by atoms with Crippen LogP contribution in [-0.4, -0.2) is 56.4 Å². The molecule has 0 bridgehead atoms. The Hall–Kier alpha value is -4.10. The predicted octanol–water partition coefficient (Wildman–Crippen LogP) is 4.78. The number of nitrogens with zero attached hydrogens (tertiary/aromatic N) is 5. The molecule has 3 aromatic rings. The molecule has 38 heavy (non-hydrogen) atoms. The SMILES string of the molecule is CC(C)(C)OC(=O)N1CC(F)(C(=O)N(Cc2ccc(-c3nnc(C(F)(F)F)o3)cn2)c2cccc(F)c2)C1. The Morgan fingerprint density at radius 2 is 1.84 bits per heavy atom. The first-order chi connectivity index (χ1) is 17.6. The minimum Gasteiger partial charge on any atom is -0.444 e. The summed E-state index contributed by atoms with van der Waals surface area (Å²) in [6, 6.07) is 7.64. The lowest BCUT2D eigenvalue weighted by molar-refractivity contribution is -0.157. The van der Waals surface area contributed by atoms with Gasteiger partial charge in [-0.3, -0.25) is 9.78 Å². The minimum atomic E-state index is -4.81. The monoisotopic (exact) mass is 539 g/mol. The van der Waals surface area contributed by atoms with Crippen molar-refractivity contribution in [3.8, 4) is 11.5 Å². The maximum absolute atomic E-state index is 15.6. The lowest BCUT2D eigenvalue weighted by Gasteiger charge is -2.45. The van der Waals surface area contributed by atoms with Gasteiger partial charge in [0.15, 0.2) is 0 Å². The Morgan fingerprint density at radius 3 is 2.39 bits per heavy atom. The Labute approximate surface area is 213 Å². The second-order valence-corrected chi connectivity index (χ2v) is 9.62. The zero-order valence-corrected chi connectivity index (χ0v) is 20.4. The van der Waals surface area contributed by atoms with Crippen molar-refractivity contribution in [2.24, 2.45) is 0 Å². The molecule has 3 heterocycles. The second-order valence-electron chi connectivity index (χ2n) is 9.62. The van der Waals surface area contributed by atoms with E-state index in [9.17, 15) is 27.2 Å². The normalized spacial score (nSPS) is 15.1. The third kappa shape index (κ3) is 5.89. The summed E-state index contributed by atoms with van der Waals surface area (Å²) < 4.78 is 77.5. The van der Waals surface area contributed by atoms with Crippen LogP contribution in [0.25, 0.3) is 11.5 Å². The molecule has 1 saturated heterocycles. The first-order valence-electron chi connectivity index (χ1n) is 11.2. The Bertz CT molecular complexity index is 1330. The number of aromatic nitrogens is 3. The third-order valence-electron chi connectivity index (χ3n) is 5.34. The number of benzene rings is 1. The average Bonchev–Trinajstić information content (AvgIpc) is 3.30.